The molecule has 0 saturated carbocycles. The van der Waals surface area contributed by atoms with Crippen LogP contribution in [-0.4, -0.2) is 54.8 Å². The van der Waals surface area contributed by atoms with Crippen LogP contribution in [0.2, 0.25) is 5.02 Å². The van der Waals surface area contributed by atoms with Gasteiger partial charge in [-0.1, -0.05) is 35.9 Å². The summed E-state index contributed by atoms with van der Waals surface area (Å²) in [7, 11) is 4.62. The van der Waals surface area contributed by atoms with Crippen LogP contribution < -0.4 is 9.47 Å². The van der Waals surface area contributed by atoms with Crippen LogP contribution in [0.25, 0.3) is 0 Å². The maximum absolute atomic E-state index is 12.0. The number of para-hydroxylation sites is 1. The lowest BCUT2D eigenvalue weighted by Gasteiger charge is -2.27. The number of hydrogen-bond acceptors (Lipinski definition) is 4. The van der Waals surface area contributed by atoms with E-state index in [2.05, 4.69) is 0 Å². The molecule has 1 N–H and O–H groups in total. The van der Waals surface area contributed by atoms with E-state index in [4.69, 9.17) is 21.1 Å². The Hall–Kier alpha value is -2.93. The van der Waals surface area contributed by atoms with E-state index in [-0.39, 0.29) is 6.61 Å². The highest BCUT2D eigenvalue weighted by Gasteiger charge is 2.25. The average Bonchev–Trinajstić information content (AvgIpc) is 2.65. The van der Waals surface area contributed by atoms with Gasteiger partial charge in [-0.2, -0.15) is 0 Å². The van der Waals surface area contributed by atoms with Gasteiger partial charge >= 0.3 is 12.2 Å². The standard InChI is InChI=1S/C20H23ClN2O5/c1-22(2)20(26)28-18-10-5-4-9-16(18)17(23(3)19(24)25)11-12-27-15-8-6-7-14(21)13-15/h4-10,13,17H,11-12H2,1-3H3,(H,24,25). The van der Waals surface area contributed by atoms with E-state index in [1.54, 1.807) is 62.6 Å². The second-order valence-corrected chi connectivity index (χ2v) is 6.74. The molecule has 2 aromatic carbocycles. The first-order valence-electron chi connectivity index (χ1n) is 8.61. The quantitative estimate of drug-likeness (QED) is 0.731. The summed E-state index contributed by atoms with van der Waals surface area (Å²) in [6, 6.07) is 13.3. The molecule has 2 rings (SSSR count). The Labute approximate surface area is 169 Å². The van der Waals surface area contributed by atoms with Crippen molar-refractivity contribution in [2.45, 2.75) is 12.5 Å². The number of hydrogen-bond donors (Lipinski definition) is 1. The second-order valence-electron chi connectivity index (χ2n) is 6.30. The van der Waals surface area contributed by atoms with Crippen molar-refractivity contribution >= 4 is 23.8 Å². The Bertz CT molecular complexity index is 828. The summed E-state index contributed by atoms with van der Waals surface area (Å²) in [5, 5.41) is 10.0. The van der Waals surface area contributed by atoms with Crippen molar-refractivity contribution in [2.75, 3.05) is 27.7 Å². The fraction of sp³-hybridized carbons (Fsp3) is 0.300. The molecule has 1 atom stereocenters. The van der Waals surface area contributed by atoms with Gasteiger partial charge in [-0.15, -0.1) is 0 Å². The minimum atomic E-state index is -1.10. The zero-order valence-corrected chi connectivity index (χ0v) is 16.7. The summed E-state index contributed by atoms with van der Waals surface area (Å²) in [5.74, 6) is 0.901. The number of nitrogens with zero attached hydrogens (tertiary/aromatic N) is 2. The van der Waals surface area contributed by atoms with E-state index in [0.29, 0.717) is 28.5 Å². The second kappa shape index (κ2) is 9.85. The molecule has 0 aromatic heterocycles. The van der Waals surface area contributed by atoms with Gasteiger partial charge in [0, 0.05) is 38.1 Å². The van der Waals surface area contributed by atoms with Gasteiger partial charge in [0.05, 0.1) is 12.6 Å². The summed E-state index contributed by atoms with van der Waals surface area (Å²) >= 11 is 5.95. The van der Waals surface area contributed by atoms with Crippen LogP contribution in [0.1, 0.15) is 18.0 Å². The van der Waals surface area contributed by atoms with Crippen LogP contribution in [0.4, 0.5) is 9.59 Å². The first kappa shape index (κ1) is 21.4. The maximum atomic E-state index is 12.0. The SMILES string of the molecule is CN(C)C(=O)Oc1ccccc1C(CCOc1cccc(Cl)c1)N(C)C(=O)O. The molecule has 2 aromatic rings. The van der Waals surface area contributed by atoms with Crippen molar-refractivity contribution in [3.8, 4) is 11.5 Å². The van der Waals surface area contributed by atoms with Crippen molar-refractivity contribution in [1.29, 1.82) is 0 Å². The predicted octanol–water partition coefficient (Wildman–Crippen LogP) is 4.52. The molecule has 0 aliphatic heterocycles. The molecule has 1 unspecified atom stereocenters. The molecule has 0 aliphatic rings. The van der Waals surface area contributed by atoms with Gasteiger partial charge in [-0.3, -0.25) is 0 Å². The lowest BCUT2D eigenvalue weighted by atomic mass is 10.0. The molecule has 8 heteroatoms. The molecule has 0 aliphatic carbocycles. The van der Waals surface area contributed by atoms with E-state index >= 15 is 0 Å². The molecular weight excluding hydrogens is 384 g/mol. The number of halogens is 1. The van der Waals surface area contributed by atoms with E-state index < -0.39 is 18.2 Å². The summed E-state index contributed by atoms with van der Waals surface area (Å²) in [5.41, 5.74) is 0.581. The third kappa shape index (κ3) is 5.79. The molecule has 2 amide bonds. The predicted molar refractivity (Wildman–Crippen MR) is 106 cm³/mol. The number of carboxylic acid groups (broad SMARTS) is 1. The van der Waals surface area contributed by atoms with Crippen molar-refractivity contribution in [2.24, 2.45) is 0 Å². The number of benzene rings is 2. The van der Waals surface area contributed by atoms with Gasteiger partial charge in [-0.25, -0.2) is 9.59 Å². The highest BCUT2D eigenvalue weighted by Crippen LogP contribution is 2.32. The van der Waals surface area contributed by atoms with Crippen LogP contribution in [0.15, 0.2) is 48.5 Å². The summed E-state index contributed by atoms with van der Waals surface area (Å²) in [6.07, 6.45) is -1.29. The van der Waals surface area contributed by atoms with E-state index in [9.17, 15) is 14.7 Å². The van der Waals surface area contributed by atoms with Gasteiger partial charge < -0.3 is 24.4 Å². The largest absolute Gasteiger partial charge is 0.493 e. The average molecular weight is 407 g/mol. The Kier molecular flexibility index (Phi) is 7.52. The molecule has 28 heavy (non-hydrogen) atoms. The number of ether oxygens (including phenoxy) is 2. The van der Waals surface area contributed by atoms with Crippen LogP contribution in [0.3, 0.4) is 0 Å². The zero-order chi connectivity index (χ0) is 20.7. The van der Waals surface area contributed by atoms with Crippen LogP contribution in [0.5, 0.6) is 11.5 Å². The lowest BCUT2D eigenvalue weighted by Crippen LogP contribution is -2.32. The number of amides is 2. The number of carbonyl (C=O) groups is 2. The first-order valence-corrected chi connectivity index (χ1v) is 8.99. The fourth-order valence-corrected chi connectivity index (χ4v) is 2.75. The van der Waals surface area contributed by atoms with Crippen molar-refractivity contribution in [3.63, 3.8) is 0 Å². The third-order valence-electron chi connectivity index (χ3n) is 4.07. The minimum absolute atomic E-state index is 0.249. The molecule has 0 radical (unpaired) electrons. The lowest BCUT2D eigenvalue weighted by molar-refractivity contribution is 0.128. The van der Waals surface area contributed by atoms with Crippen LogP contribution in [-0.2, 0) is 0 Å². The zero-order valence-electron chi connectivity index (χ0n) is 16.0. The Morgan fingerprint density at radius 3 is 2.46 bits per heavy atom. The maximum Gasteiger partial charge on any atom is 0.414 e. The van der Waals surface area contributed by atoms with Gasteiger partial charge in [-0.05, 0) is 24.3 Å². The number of rotatable bonds is 7. The highest BCUT2D eigenvalue weighted by atomic mass is 35.5. The first-order chi connectivity index (χ1) is 13.3. The van der Waals surface area contributed by atoms with E-state index in [1.807, 2.05) is 0 Å². The molecule has 0 fully saturated rings. The van der Waals surface area contributed by atoms with Crippen molar-refractivity contribution in [1.82, 2.24) is 9.80 Å². The molecule has 150 valence electrons. The Morgan fingerprint density at radius 1 is 1.11 bits per heavy atom. The Morgan fingerprint density at radius 2 is 1.82 bits per heavy atom. The summed E-state index contributed by atoms with van der Waals surface area (Å²) in [6.45, 7) is 0.249. The minimum Gasteiger partial charge on any atom is -0.493 e. The Balaban J connectivity index is 2.21. The topological polar surface area (TPSA) is 79.3 Å². The van der Waals surface area contributed by atoms with Gasteiger partial charge in [0.2, 0.25) is 0 Å². The fourth-order valence-electron chi connectivity index (χ4n) is 2.57. The molecule has 0 saturated heterocycles. The van der Waals surface area contributed by atoms with E-state index in [0.717, 1.165) is 0 Å². The third-order valence-corrected chi connectivity index (χ3v) is 4.30. The van der Waals surface area contributed by atoms with Gasteiger partial charge in [0.1, 0.15) is 11.5 Å². The summed E-state index contributed by atoms with van der Waals surface area (Å²) in [4.78, 5) is 26.0. The van der Waals surface area contributed by atoms with Crippen molar-refractivity contribution in [3.05, 3.63) is 59.1 Å². The van der Waals surface area contributed by atoms with Crippen LogP contribution >= 0.6 is 11.6 Å². The molecule has 0 bridgehead atoms. The molecule has 0 heterocycles. The van der Waals surface area contributed by atoms with Crippen molar-refractivity contribution < 1.29 is 24.2 Å². The monoisotopic (exact) mass is 406 g/mol. The van der Waals surface area contributed by atoms with Gasteiger partial charge in [0.15, 0.2) is 0 Å². The highest BCUT2D eigenvalue weighted by molar-refractivity contribution is 6.30. The molecule has 7 nitrogen and oxygen atoms in total. The molecule has 0 spiro atoms. The van der Waals surface area contributed by atoms with Gasteiger partial charge in [0.25, 0.3) is 0 Å². The number of carbonyl (C=O) groups excluding carboxylic acids is 1. The molecular formula is C20H23ClN2O5. The van der Waals surface area contributed by atoms with E-state index in [1.165, 1.54) is 16.8 Å². The smallest absolute Gasteiger partial charge is 0.414 e. The summed E-state index contributed by atoms with van der Waals surface area (Å²) < 4.78 is 11.1. The van der Waals surface area contributed by atoms with Crippen LogP contribution in [0, 0.1) is 0 Å². The normalized spacial score (nSPS) is 11.4.